The van der Waals surface area contributed by atoms with Crippen LogP contribution in [-0.4, -0.2) is 34.8 Å². The van der Waals surface area contributed by atoms with Crippen molar-refractivity contribution in [3.05, 3.63) is 34.1 Å². The number of nitro groups is 1. The largest absolute Gasteiger partial charge is 0.484 e. The van der Waals surface area contributed by atoms with Crippen molar-refractivity contribution in [2.75, 3.05) is 13.2 Å². The van der Waals surface area contributed by atoms with E-state index in [1.807, 2.05) is 20.8 Å². The second kappa shape index (κ2) is 6.62. The Morgan fingerprint density at radius 2 is 2.15 bits per heavy atom. The molecule has 1 aromatic carbocycles. The van der Waals surface area contributed by atoms with Crippen molar-refractivity contribution >= 4 is 5.69 Å². The summed E-state index contributed by atoms with van der Waals surface area (Å²) in [5.41, 5.74) is -0.607. The minimum Gasteiger partial charge on any atom is -0.484 e. The molecule has 0 saturated heterocycles. The molecule has 0 aliphatic carbocycles. The Balaban J connectivity index is 2.59. The van der Waals surface area contributed by atoms with Gasteiger partial charge in [0.15, 0.2) is 5.75 Å². The Morgan fingerprint density at radius 1 is 1.50 bits per heavy atom. The van der Waals surface area contributed by atoms with E-state index in [1.54, 1.807) is 0 Å². The lowest BCUT2D eigenvalue weighted by molar-refractivity contribution is -0.386. The molecule has 1 atom stereocenters. The number of nitro benzene ring substituents is 1. The first-order valence-electron chi connectivity index (χ1n) is 6.19. The maximum atomic E-state index is 12.9. The van der Waals surface area contributed by atoms with Gasteiger partial charge in [-0.1, -0.05) is 0 Å². The van der Waals surface area contributed by atoms with E-state index in [2.05, 4.69) is 5.32 Å². The maximum absolute atomic E-state index is 12.9. The van der Waals surface area contributed by atoms with E-state index < -0.39 is 22.5 Å². The Labute approximate surface area is 116 Å². The zero-order chi connectivity index (χ0) is 15.3. The first kappa shape index (κ1) is 16.3. The second-order valence-corrected chi connectivity index (χ2v) is 5.46. The van der Waals surface area contributed by atoms with Gasteiger partial charge >= 0.3 is 5.69 Å². The van der Waals surface area contributed by atoms with Crippen LogP contribution in [0.5, 0.6) is 5.75 Å². The van der Waals surface area contributed by atoms with E-state index in [9.17, 15) is 19.6 Å². The molecule has 20 heavy (non-hydrogen) atoms. The molecule has 0 amide bonds. The predicted molar refractivity (Wildman–Crippen MR) is 72.3 cm³/mol. The minimum atomic E-state index is -0.820. The van der Waals surface area contributed by atoms with Crippen LogP contribution in [0, 0.1) is 15.9 Å². The van der Waals surface area contributed by atoms with E-state index >= 15 is 0 Å². The Bertz CT molecular complexity index is 474. The van der Waals surface area contributed by atoms with Gasteiger partial charge in [-0.15, -0.1) is 0 Å². The highest BCUT2D eigenvalue weighted by molar-refractivity contribution is 5.46. The molecular formula is C13H19FN2O4. The van der Waals surface area contributed by atoms with Gasteiger partial charge in [0.1, 0.15) is 18.5 Å². The fraction of sp³-hybridized carbons (Fsp3) is 0.538. The van der Waals surface area contributed by atoms with Crippen LogP contribution in [0.2, 0.25) is 0 Å². The number of aliphatic hydroxyl groups excluding tert-OH is 1. The molecule has 1 unspecified atom stereocenters. The van der Waals surface area contributed by atoms with Gasteiger partial charge in [-0.25, -0.2) is 4.39 Å². The quantitative estimate of drug-likeness (QED) is 0.616. The molecule has 0 aliphatic heterocycles. The molecule has 0 fully saturated rings. The zero-order valence-corrected chi connectivity index (χ0v) is 11.7. The molecule has 1 rings (SSSR count). The van der Waals surface area contributed by atoms with E-state index in [-0.39, 0.29) is 17.9 Å². The molecule has 0 saturated carbocycles. The predicted octanol–water partition coefficient (Wildman–Crippen LogP) is 1.86. The Morgan fingerprint density at radius 3 is 2.70 bits per heavy atom. The van der Waals surface area contributed by atoms with Gasteiger partial charge in [0.05, 0.1) is 11.0 Å². The summed E-state index contributed by atoms with van der Waals surface area (Å²) in [6.45, 7) is 6.02. The van der Waals surface area contributed by atoms with Gasteiger partial charge in [-0.3, -0.25) is 10.1 Å². The molecule has 2 N–H and O–H groups in total. The van der Waals surface area contributed by atoms with Crippen LogP contribution < -0.4 is 10.1 Å². The van der Waals surface area contributed by atoms with E-state index in [4.69, 9.17) is 4.74 Å². The average molecular weight is 286 g/mol. The number of β-amino-alcohol motifs (C(OH)–C–C–N with tert-alkyl or cyclic N) is 1. The third-order valence-corrected chi connectivity index (χ3v) is 2.42. The summed E-state index contributed by atoms with van der Waals surface area (Å²) >= 11 is 0. The lowest BCUT2D eigenvalue weighted by atomic mass is 10.1. The lowest BCUT2D eigenvalue weighted by Gasteiger charge is -2.22. The number of ether oxygens (including phenoxy) is 1. The van der Waals surface area contributed by atoms with Crippen LogP contribution in [-0.2, 0) is 0 Å². The van der Waals surface area contributed by atoms with E-state index in [0.29, 0.717) is 6.54 Å². The van der Waals surface area contributed by atoms with Gasteiger partial charge in [0.25, 0.3) is 0 Å². The van der Waals surface area contributed by atoms with Crippen LogP contribution in [0.4, 0.5) is 10.1 Å². The highest BCUT2D eigenvalue weighted by Crippen LogP contribution is 2.27. The van der Waals surface area contributed by atoms with Crippen molar-refractivity contribution in [3.8, 4) is 5.75 Å². The number of halogens is 1. The first-order chi connectivity index (χ1) is 9.19. The van der Waals surface area contributed by atoms with E-state index in [0.717, 1.165) is 12.1 Å². The van der Waals surface area contributed by atoms with Gasteiger partial charge in [0.2, 0.25) is 0 Å². The lowest BCUT2D eigenvalue weighted by Crippen LogP contribution is -2.42. The van der Waals surface area contributed by atoms with Crippen LogP contribution in [0.1, 0.15) is 20.8 Å². The Hall–Kier alpha value is -1.73. The molecule has 6 nitrogen and oxygen atoms in total. The summed E-state index contributed by atoms with van der Waals surface area (Å²) in [4.78, 5) is 10.0. The SMILES string of the molecule is CC(C)(C)NCC(O)COc1ccc(F)cc1[N+](=O)[O-]. The van der Waals surface area contributed by atoms with Gasteiger partial charge in [0, 0.05) is 12.1 Å². The van der Waals surface area contributed by atoms with Crippen LogP contribution in [0.15, 0.2) is 18.2 Å². The molecule has 112 valence electrons. The van der Waals surface area contributed by atoms with Gasteiger partial charge in [-0.2, -0.15) is 0 Å². The number of aliphatic hydroxyl groups is 1. The van der Waals surface area contributed by atoms with E-state index in [1.165, 1.54) is 6.07 Å². The van der Waals surface area contributed by atoms with Crippen LogP contribution in [0.25, 0.3) is 0 Å². The van der Waals surface area contributed by atoms with Gasteiger partial charge in [-0.05, 0) is 32.9 Å². The molecule has 0 spiro atoms. The summed E-state index contributed by atoms with van der Waals surface area (Å²) in [6, 6.07) is 3.04. The molecule has 0 bridgehead atoms. The second-order valence-electron chi connectivity index (χ2n) is 5.46. The molecule has 0 aromatic heterocycles. The summed E-state index contributed by atoms with van der Waals surface area (Å²) in [5, 5.41) is 23.6. The summed E-state index contributed by atoms with van der Waals surface area (Å²) < 4.78 is 18.1. The minimum absolute atomic E-state index is 0.0637. The highest BCUT2D eigenvalue weighted by atomic mass is 19.1. The standard InChI is InChI=1S/C13H19FN2O4/c1-13(2,3)15-7-10(17)8-20-12-5-4-9(14)6-11(12)16(18)19/h4-6,10,15,17H,7-8H2,1-3H3. The van der Waals surface area contributed by atoms with Crippen molar-refractivity contribution in [2.24, 2.45) is 0 Å². The third kappa shape index (κ3) is 5.50. The summed E-state index contributed by atoms with van der Waals surface area (Å²) in [5.74, 6) is -0.773. The molecular weight excluding hydrogens is 267 g/mol. The molecule has 0 radical (unpaired) electrons. The van der Waals surface area contributed by atoms with Crippen LogP contribution >= 0.6 is 0 Å². The average Bonchev–Trinajstić information content (AvgIpc) is 2.33. The van der Waals surface area contributed by atoms with Crippen molar-refractivity contribution in [1.29, 1.82) is 0 Å². The topological polar surface area (TPSA) is 84.6 Å². The van der Waals surface area contributed by atoms with Gasteiger partial charge < -0.3 is 15.2 Å². The summed E-state index contributed by atoms with van der Waals surface area (Å²) in [6.07, 6.45) is -0.820. The highest BCUT2D eigenvalue weighted by Gasteiger charge is 2.18. The third-order valence-electron chi connectivity index (χ3n) is 2.42. The van der Waals surface area contributed by atoms with Crippen LogP contribution in [0.3, 0.4) is 0 Å². The fourth-order valence-electron chi connectivity index (χ4n) is 1.42. The molecule has 0 aliphatic rings. The number of hydrogen-bond acceptors (Lipinski definition) is 5. The van der Waals surface area contributed by atoms with Crippen molar-refractivity contribution in [1.82, 2.24) is 5.32 Å². The number of rotatable bonds is 6. The number of hydrogen-bond donors (Lipinski definition) is 2. The molecule has 7 heteroatoms. The number of nitrogens with zero attached hydrogens (tertiary/aromatic N) is 1. The number of benzene rings is 1. The van der Waals surface area contributed by atoms with Crippen molar-refractivity contribution in [3.63, 3.8) is 0 Å². The smallest absolute Gasteiger partial charge is 0.313 e. The normalized spacial score (nSPS) is 13.1. The Kier molecular flexibility index (Phi) is 5.41. The fourth-order valence-corrected chi connectivity index (χ4v) is 1.42. The molecule has 1 aromatic rings. The van der Waals surface area contributed by atoms with Crippen molar-refractivity contribution < 1.29 is 19.2 Å². The summed E-state index contributed by atoms with van der Waals surface area (Å²) in [7, 11) is 0. The number of nitrogens with one attached hydrogen (secondary N) is 1. The first-order valence-corrected chi connectivity index (χ1v) is 6.19. The maximum Gasteiger partial charge on any atom is 0.313 e. The molecule has 0 heterocycles. The zero-order valence-electron chi connectivity index (χ0n) is 11.7. The van der Waals surface area contributed by atoms with Crippen molar-refractivity contribution in [2.45, 2.75) is 32.4 Å². The monoisotopic (exact) mass is 286 g/mol.